The summed E-state index contributed by atoms with van der Waals surface area (Å²) in [6.45, 7) is 6.10. The first-order valence-corrected chi connectivity index (χ1v) is 11.2. The molecular weight excluding hydrogens is 442 g/mol. The van der Waals surface area contributed by atoms with E-state index in [4.69, 9.17) is 11.6 Å². The Labute approximate surface area is 197 Å². The zero-order valence-corrected chi connectivity index (χ0v) is 19.5. The minimum absolute atomic E-state index is 0.170. The van der Waals surface area contributed by atoms with Gasteiger partial charge in [0.15, 0.2) is 0 Å². The van der Waals surface area contributed by atoms with Gasteiger partial charge in [0.05, 0.1) is 36.1 Å². The van der Waals surface area contributed by atoms with Crippen molar-refractivity contribution in [1.29, 1.82) is 0 Å². The van der Waals surface area contributed by atoms with Gasteiger partial charge in [0.1, 0.15) is 5.54 Å². The van der Waals surface area contributed by atoms with Crippen LogP contribution < -0.4 is 10.6 Å². The average Bonchev–Trinajstić information content (AvgIpc) is 3.16. The number of rotatable bonds is 6. The molecule has 0 radical (unpaired) electrons. The van der Waals surface area contributed by atoms with Crippen molar-refractivity contribution in [3.63, 3.8) is 0 Å². The summed E-state index contributed by atoms with van der Waals surface area (Å²) >= 11 is 6.02. The Hall–Kier alpha value is -3.39. The van der Waals surface area contributed by atoms with Gasteiger partial charge in [0, 0.05) is 17.8 Å². The molecule has 2 N–H and O–H groups in total. The number of hydrogen-bond donors (Lipinski definition) is 2. The van der Waals surface area contributed by atoms with Gasteiger partial charge in [-0.15, -0.1) is 0 Å². The molecule has 2 aromatic rings. The summed E-state index contributed by atoms with van der Waals surface area (Å²) in [5, 5.41) is 6.37. The van der Waals surface area contributed by atoms with Gasteiger partial charge in [-0.05, 0) is 50.6 Å². The van der Waals surface area contributed by atoms with Crippen LogP contribution >= 0.6 is 11.6 Å². The summed E-state index contributed by atoms with van der Waals surface area (Å²) in [5.74, 6) is -0.576. The van der Waals surface area contributed by atoms with Crippen LogP contribution in [0.2, 0.25) is 5.02 Å². The van der Waals surface area contributed by atoms with E-state index in [1.807, 2.05) is 19.1 Å². The monoisotopic (exact) mass is 467 g/mol. The fraction of sp³-hybridized carbons (Fsp3) is 0.333. The van der Waals surface area contributed by atoms with Crippen LogP contribution in [0.5, 0.6) is 0 Å². The fourth-order valence-electron chi connectivity index (χ4n) is 4.20. The van der Waals surface area contributed by atoms with Crippen molar-refractivity contribution in [2.75, 3.05) is 13.1 Å². The van der Waals surface area contributed by atoms with Gasteiger partial charge < -0.3 is 15.5 Å². The number of pyridine rings is 1. The Morgan fingerprint density at radius 3 is 2.58 bits per heavy atom. The highest BCUT2D eigenvalue weighted by atomic mass is 35.5. The second-order valence-electron chi connectivity index (χ2n) is 8.49. The lowest BCUT2D eigenvalue weighted by molar-refractivity contribution is -0.141. The SMILES string of the molecule is CCN1C(=O)N[C@H](c2ccc(Cl)cc2)C2=C1CN(C(C)(C)C(=O)NCc1ccccn1)C2=O. The lowest BCUT2D eigenvalue weighted by atomic mass is 9.95. The Balaban J connectivity index is 1.61. The minimum Gasteiger partial charge on any atom is -0.348 e. The first kappa shape index (κ1) is 22.8. The Morgan fingerprint density at radius 2 is 1.94 bits per heavy atom. The van der Waals surface area contributed by atoms with Crippen molar-refractivity contribution < 1.29 is 14.4 Å². The maximum Gasteiger partial charge on any atom is 0.322 e. The molecular formula is C24H26ClN5O3. The first-order valence-electron chi connectivity index (χ1n) is 10.8. The lowest BCUT2D eigenvalue weighted by Gasteiger charge is -2.34. The van der Waals surface area contributed by atoms with E-state index in [-0.39, 0.29) is 30.9 Å². The van der Waals surface area contributed by atoms with Gasteiger partial charge in [-0.3, -0.25) is 19.5 Å². The Morgan fingerprint density at radius 1 is 1.21 bits per heavy atom. The highest BCUT2D eigenvalue weighted by Crippen LogP contribution is 2.39. The van der Waals surface area contributed by atoms with E-state index in [1.54, 1.807) is 55.3 Å². The summed E-state index contributed by atoms with van der Waals surface area (Å²) in [6.07, 6.45) is 1.66. The van der Waals surface area contributed by atoms with Crippen LogP contribution in [0, 0.1) is 0 Å². The molecule has 3 heterocycles. The number of urea groups is 1. The Bertz CT molecular complexity index is 1110. The summed E-state index contributed by atoms with van der Waals surface area (Å²) in [7, 11) is 0. The molecule has 4 amide bonds. The summed E-state index contributed by atoms with van der Waals surface area (Å²) in [4.78, 5) is 46.9. The molecule has 1 atom stereocenters. The number of likely N-dealkylation sites (N-methyl/N-ethyl adjacent to an activating group) is 1. The smallest absolute Gasteiger partial charge is 0.322 e. The van der Waals surface area contributed by atoms with E-state index in [9.17, 15) is 14.4 Å². The third-order valence-corrected chi connectivity index (χ3v) is 6.38. The summed E-state index contributed by atoms with van der Waals surface area (Å²) in [5.41, 5.74) is 1.43. The van der Waals surface area contributed by atoms with E-state index < -0.39 is 11.6 Å². The molecule has 172 valence electrons. The molecule has 0 unspecified atom stereocenters. The van der Waals surface area contributed by atoms with Gasteiger partial charge in [0.2, 0.25) is 5.91 Å². The van der Waals surface area contributed by atoms with E-state index in [2.05, 4.69) is 15.6 Å². The highest BCUT2D eigenvalue weighted by molar-refractivity contribution is 6.30. The zero-order valence-electron chi connectivity index (χ0n) is 18.8. The average molecular weight is 468 g/mol. The zero-order chi connectivity index (χ0) is 23.8. The fourth-order valence-corrected chi connectivity index (χ4v) is 4.32. The number of nitrogens with one attached hydrogen (secondary N) is 2. The molecule has 0 fully saturated rings. The van der Waals surface area contributed by atoms with Crippen molar-refractivity contribution in [1.82, 2.24) is 25.4 Å². The van der Waals surface area contributed by atoms with Crippen molar-refractivity contribution in [2.45, 2.75) is 38.9 Å². The molecule has 0 aliphatic carbocycles. The normalized spacial score (nSPS) is 18.4. The largest absolute Gasteiger partial charge is 0.348 e. The van der Waals surface area contributed by atoms with Gasteiger partial charge in [-0.2, -0.15) is 0 Å². The van der Waals surface area contributed by atoms with Crippen molar-refractivity contribution >= 4 is 29.4 Å². The number of benzene rings is 1. The molecule has 0 saturated carbocycles. The van der Waals surface area contributed by atoms with Gasteiger partial charge in [-0.1, -0.05) is 29.8 Å². The van der Waals surface area contributed by atoms with Crippen molar-refractivity contribution in [3.05, 3.63) is 76.2 Å². The second-order valence-corrected chi connectivity index (χ2v) is 8.93. The number of carbonyl (C=O) groups excluding carboxylic acids is 3. The lowest BCUT2D eigenvalue weighted by Crippen LogP contribution is -2.56. The van der Waals surface area contributed by atoms with E-state index in [0.717, 1.165) is 11.3 Å². The molecule has 1 aromatic carbocycles. The number of amides is 4. The molecule has 4 rings (SSSR count). The molecule has 0 bridgehead atoms. The second kappa shape index (κ2) is 8.86. The molecule has 1 aromatic heterocycles. The van der Waals surface area contributed by atoms with Crippen LogP contribution in [0.3, 0.4) is 0 Å². The van der Waals surface area contributed by atoms with Crippen molar-refractivity contribution in [3.8, 4) is 0 Å². The molecule has 8 nitrogen and oxygen atoms in total. The molecule has 2 aliphatic rings. The molecule has 0 spiro atoms. The molecule has 9 heteroatoms. The number of carbonyl (C=O) groups is 3. The first-order chi connectivity index (χ1) is 15.7. The maximum absolute atomic E-state index is 13.7. The third kappa shape index (κ3) is 4.18. The van der Waals surface area contributed by atoms with Crippen LogP contribution in [0.15, 0.2) is 59.9 Å². The number of hydrogen-bond acceptors (Lipinski definition) is 4. The van der Waals surface area contributed by atoms with E-state index in [1.165, 1.54) is 4.90 Å². The number of halogens is 1. The summed E-state index contributed by atoms with van der Waals surface area (Å²) in [6, 6.07) is 11.6. The van der Waals surface area contributed by atoms with Crippen molar-refractivity contribution in [2.24, 2.45) is 0 Å². The van der Waals surface area contributed by atoms with Crippen LogP contribution in [-0.4, -0.2) is 51.3 Å². The standard InChI is InChI=1S/C24H26ClN5O3/c1-4-29-18-14-30(24(2,3)22(32)27-13-17-7-5-6-12-26-17)21(31)19(18)20(28-23(29)33)15-8-10-16(25)11-9-15/h5-12,20H,4,13-14H2,1-3H3,(H,27,32)(H,28,33)/t20-/m1/s1. The third-order valence-electron chi connectivity index (χ3n) is 6.13. The topological polar surface area (TPSA) is 94.6 Å². The quantitative estimate of drug-likeness (QED) is 0.682. The highest BCUT2D eigenvalue weighted by Gasteiger charge is 2.49. The van der Waals surface area contributed by atoms with E-state index in [0.29, 0.717) is 22.8 Å². The predicted octanol–water partition coefficient (Wildman–Crippen LogP) is 3.01. The molecule has 33 heavy (non-hydrogen) atoms. The molecule has 2 aliphatic heterocycles. The predicted molar refractivity (Wildman–Crippen MR) is 124 cm³/mol. The number of aromatic nitrogens is 1. The number of nitrogens with zero attached hydrogens (tertiary/aromatic N) is 3. The molecule has 0 saturated heterocycles. The van der Waals surface area contributed by atoms with Crippen LogP contribution in [0.25, 0.3) is 0 Å². The van der Waals surface area contributed by atoms with E-state index >= 15 is 0 Å². The van der Waals surface area contributed by atoms with Gasteiger partial charge >= 0.3 is 6.03 Å². The van der Waals surface area contributed by atoms with Crippen LogP contribution in [0.1, 0.15) is 38.1 Å². The maximum atomic E-state index is 13.7. The van der Waals surface area contributed by atoms with Gasteiger partial charge in [-0.25, -0.2) is 4.79 Å². The Kier molecular flexibility index (Phi) is 6.12. The van der Waals surface area contributed by atoms with Crippen LogP contribution in [0.4, 0.5) is 4.79 Å². The van der Waals surface area contributed by atoms with Gasteiger partial charge in [0.25, 0.3) is 5.91 Å². The van der Waals surface area contributed by atoms with Crippen LogP contribution in [-0.2, 0) is 16.1 Å². The minimum atomic E-state index is -1.14. The summed E-state index contributed by atoms with van der Waals surface area (Å²) < 4.78 is 0.